The van der Waals surface area contributed by atoms with Crippen molar-refractivity contribution in [3.63, 3.8) is 0 Å². The Labute approximate surface area is 230 Å². The minimum absolute atomic E-state index is 0.0451. The Balaban J connectivity index is 1.95. The van der Waals surface area contributed by atoms with Crippen LogP contribution in [0.5, 0.6) is 0 Å². The standard InChI is InChI=1S/C28H47N5O5/c1-26(2,3)13-18(31-25(38)32-27(4,5)6)24(37)33-14-16-19(28(16,7)8)20(33)23(36)30-17(21(34)22(29)35)12-15-10-9-11-15/h15-20H,9-14H2,1-8H3,(H2,29,35)(H,30,36)(H2,31,32,38)/t16-,17?,18-,19-,20-/m0/s1/i12D2,17D. The second-order valence-electron chi connectivity index (χ2n) is 13.9. The first kappa shape index (κ1) is 25.6. The van der Waals surface area contributed by atoms with E-state index in [1.165, 1.54) is 4.90 Å². The molecule has 0 aromatic carbocycles. The maximum Gasteiger partial charge on any atom is 0.315 e. The van der Waals surface area contributed by atoms with Gasteiger partial charge in [0.2, 0.25) is 17.6 Å². The number of rotatable bonds is 9. The molecular weight excluding hydrogens is 486 g/mol. The minimum Gasteiger partial charge on any atom is -0.363 e. The molecule has 1 unspecified atom stereocenters. The Morgan fingerprint density at radius 1 is 1.08 bits per heavy atom. The van der Waals surface area contributed by atoms with Gasteiger partial charge in [0.15, 0.2) is 0 Å². The van der Waals surface area contributed by atoms with E-state index < -0.39 is 65.5 Å². The number of piperidine rings is 1. The number of likely N-dealkylation sites (tertiary alicyclic amines) is 1. The molecule has 0 spiro atoms. The number of hydrogen-bond acceptors (Lipinski definition) is 5. The van der Waals surface area contributed by atoms with Gasteiger partial charge in [-0.1, -0.05) is 53.9 Å². The molecule has 1 heterocycles. The maximum atomic E-state index is 14.0. The molecule has 0 radical (unpaired) electrons. The quantitative estimate of drug-likeness (QED) is 0.333. The third kappa shape index (κ3) is 6.86. The van der Waals surface area contributed by atoms with Crippen molar-refractivity contribution in [2.75, 3.05) is 6.54 Å². The molecule has 10 nitrogen and oxygen atoms in total. The van der Waals surface area contributed by atoms with Crippen LogP contribution in [0.4, 0.5) is 4.79 Å². The summed E-state index contributed by atoms with van der Waals surface area (Å²) in [5.74, 6) is -5.51. The van der Waals surface area contributed by atoms with Gasteiger partial charge in [0.1, 0.15) is 12.1 Å². The van der Waals surface area contributed by atoms with Gasteiger partial charge < -0.3 is 26.6 Å². The summed E-state index contributed by atoms with van der Waals surface area (Å²) in [5.41, 5.74) is 3.98. The molecule has 5 atom stereocenters. The number of carbonyl (C=O) groups is 5. The van der Waals surface area contributed by atoms with Crippen molar-refractivity contribution in [2.24, 2.45) is 34.3 Å². The molecule has 1 aliphatic heterocycles. The first-order chi connectivity index (χ1) is 18.4. The van der Waals surface area contributed by atoms with Gasteiger partial charge in [-0.3, -0.25) is 19.2 Å². The van der Waals surface area contributed by atoms with Crippen LogP contribution in [0, 0.1) is 28.6 Å². The lowest BCUT2D eigenvalue weighted by Crippen LogP contribution is -2.60. The number of Topliss-reactive ketones (excluding diaryl/α,β-unsaturated/α-hetero) is 1. The molecule has 3 fully saturated rings. The monoisotopic (exact) mass is 536 g/mol. The van der Waals surface area contributed by atoms with E-state index in [0.717, 1.165) is 0 Å². The summed E-state index contributed by atoms with van der Waals surface area (Å²) >= 11 is 0. The number of urea groups is 1. The van der Waals surface area contributed by atoms with Crippen LogP contribution in [0.2, 0.25) is 0 Å². The van der Waals surface area contributed by atoms with Crippen LogP contribution in [-0.4, -0.2) is 64.6 Å². The van der Waals surface area contributed by atoms with Crippen LogP contribution in [0.3, 0.4) is 0 Å². The molecule has 0 bridgehead atoms. The Bertz CT molecular complexity index is 1110. The van der Waals surface area contributed by atoms with E-state index in [4.69, 9.17) is 9.85 Å². The van der Waals surface area contributed by atoms with Gasteiger partial charge in [-0.15, -0.1) is 0 Å². The molecule has 38 heavy (non-hydrogen) atoms. The molecule has 2 aliphatic carbocycles. The summed E-state index contributed by atoms with van der Waals surface area (Å²) in [6.45, 7) is 15.4. The van der Waals surface area contributed by atoms with E-state index in [9.17, 15) is 24.0 Å². The Kier molecular flexibility index (Phi) is 7.07. The SMILES string of the molecule is [2H]C(NC(=O)[C@@H]1[C@@H]2[C@H](CN1C(=O)[C@H](CC(C)(C)C)NC(=O)NC(C)(C)C)C2(C)C)(C(=O)C(N)=O)C([2H])([2H])C1CCC1. The first-order valence-electron chi connectivity index (χ1n) is 15.0. The predicted octanol–water partition coefficient (Wildman–Crippen LogP) is 2.10. The molecule has 214 valence electrons. The van der Waals surface area contributed by atoms with Crippen molar-refractivity contribution in [2.45, 2.75) is 111 Å². The number of nitrogens with two attached hydrogens (primary N) is 1. The van der Waals surface area contributed by atoms with Crippen molar-refractivity contribution in [3.8, 4) is 0 Å². The average molecular weight is 537 g/mol. The number of ketones is 1. The minimum atomic E-state index is -2.96. The van der Waals surface area contributed by atoms with Crippen LogP contribution in [0.25, 0.3) is 0 Å². The lowest BCUT2D eigenvalue weighted by atomic mass is 9.80. The number of amides is 5. The van der Waals surface area contributed by atoms with E-state index in [1.807, 2.05) is 55.4 Å². The summed E-state index contributed by atoms with van der Waals surface area (Å²) in [4.78, 5) is 66.9. The zero-order valence-electron chi connectivity index (χ0n) is 27.0. The van der Waals surface area contributed by atoms with E-state index in [0.29, 0.717) is 19.3 Å². The lowest BCUT2D eigenvalue weighted by Gasteiger charge is -2.36. The number of carbonyl (C=O) groups excluding carboxylic acids is 5. The van der Waals surface area contributed by atoms with Crippen LogP contribution in [-0.2, 0) is 19.2 Å². The molecule has 3 aliphatic rings. The van der Waals surface area contributed by atoms with Gasteiger partial charge in [-0.05, 0) is 62.1 Å². The molecule has 10 heteroatoms. The van der Waals surface area contributed by atoms with Gasteiger partial charge in [0.25, 0.3) is 5.91 Å². The van der Waals surface area contributed by atoms with Gasteiger partial charge in [0.05, 0.1) is 7.39 Å². The van der Waals surface area contributed by atoms with Crippen molar-refractivity contribution in [3.05, 3.63) is 0 Å². The van der Waals surface area contributed by atoms with Crippen molar-refractivity contribution in [1.82, 2.24) is 20.9 Å². The summed E-state index contributed by atoms with van der Waals surface area (Å²) in [7, 11) is 0. The summed E-state index contributed by atoms with van der Waals surface area (Å²) in [5, 5.41) is 7.81. The molecular formula is C28H47N5O5. The summed E-state index contributed by atoms with van der Waals surface area (Å²) in [6.07, 6.45) is -0.789. The molecule has 5 amide bonds. The lowest BCUT2D eigenvalue weighted by molar-refractivity contribution is -0.144. The molecule has 1 saturated heterocycles. The van der Waals surface area contributed by atoms with Gasteiger partial charge in [-0.25, -0.2) is 4.79 Å². The number of fused-ring (bicyclic) bond motifs is 1. The largest absolute Gasteiger partial charge is 0.363 e. The highest BCUT2D eigenvalue weighted by molar-refractivity contribution is 6.37. The van der Waals surface area contributed by atoms with Gasteiger partial charge in [0, 0.05) is 14.8 Å². The zero-order valence-corrected chi connectivity index (χ0v) is 24.0. The highest BCUT2D eigenvalue weighted by Crippen LogP contribution is 2.65. The van der Waals surface area contributed by atoms with E-state index in [-0.39, 0.29) is 35.6 Å². The van der Waals surface area contributed by atoms with Crippen LogP contribution in [0.1, 0.15) is 91.6 Å². The third-order valence-electron chi connectivity index (χ3n) is 7.82. The second kappa shape index (κ2) is 10.5. The van der Waals surface area contributed by atoms with E-state index in [1.54, 1.807) is 0 Å². The predicted molar refractivity (Wildman–Crippen MR) is 144 cm³/mol. The van der Waals surface area contributed by atoms with Crippen LogP contribution in [0.15, 0.2) is 0 Å². The van der Waals surface area contributed by atoms with Gasteiger partial charge >= 0.3 is 6.03 Å². The topological polar surface area (TPSA) is 151 Å². The maximum absolute atomic E-state index is 14.0. The second-order valence-corrected chi connectivity index (χ2v) is 13.9. The normalized spacial score (nSPS) is 28.3. The highest BCUT2D eigenvalue weighted by Gasteiger charge is 2.69. The molecule has 5 N–H and O–H groups in total. The molecule has 0 aromatic rings. The van der Waals surface area contributed by atoms with Gasteiger partial charge in [-0.2, -0.15) is 0 Å². The number of primary amides is 1. The smallest absolute Gasteiger partial charge is 0.315 e. The Morgan fingerprint density at radius 2 is 1.68 bits per heavy atom. The van der Waals surface area contributed by atoms with E-state index >= 15 is 0 Å². The highest BCUT2D eigenvalue weighted by atomic mass is 16.2. The van der Waals surface area contributed by atoms with Crippen LogP contribution >= 0.6 is 0 Å². The van der Waals surface area contributed by atoms with Crippen molar-refractivity contribution < 1.29 is 28.1 Å². The average Bonchev–Trinajstić information content (AvgIpc) is 3.08. The summed E-state index contributed by atoms with van der Waals surface area (Å²) < 4.78 is 26.1. The third-order valence-corrected chi connectivity index (χ3v) is 7.82. The zero-order chi connectivity index (χ0) is 31.5. The fraction of sp³-hybridized carbons (Fsp3) is 0.821. The number of hydrogen-bond donors (Lipinski definition) is 4. The van der Waals surface area contributed by atoms with Crippen LogP contribution < -0.4 is 21.7 Å². The summed E-state index contributed by atoms with van der Waals surface area (Å²) in [6, 6.07) is -5.58. The fourth-order valence-electron chi connectivity index (χ4n) is 5.60. The molecule has 2 saturated carbocycles. The van der Waals surface area contributed by atoms with Crippen molar-refractivity contribution >= 4 is 29.5 Å². The Hall–Kier alpha value is -2.65. The molecule has 0 aromatic heterocycles. The molecule has 3 rings (SSSR count). The van der Waals surface area contributed by atoms with Crippen molar-refractivity contribution in [1.29, 1.82) is 0 Å². The first-order valence-corrected chi connectivity index (χ1v) is 13.5. The number of nitrogens with zero attached hydrogens (tertiary/aromatic N) is 1. The fourth-order valence-corrected chi connectivity index (χ4v) is 5.60. The van der Waals surface area contributed by atoms with E-state index in [2.05, 4.69) is 16.0 Å². The number of nitrogens with one attached hydrogen (secondary N) is 3. The Morgan fingerprint density at radius 3 is 2.16 bits per heavy atom.